The van der Waals surface area contributed by atoms with E-state index in [9.17, 15) is 4.79 Å². The van der Waals surface area contributed by atoms with Crippen LogP contribution in [0.1, 0.15) is 18.9 Å². The van der Waals surface area contributed by atoms with Crippen LogP contribution in [0, 0.1) is 0 Å². The molecule has 0 aliphatic carbocycles. The Balaban J connectivity index is 1.76. The summed E-state index contributed by atoms with van der Waals surface area (Å²) in [5.41, 5.74) is 0.981. The van der Waals surface area contributed by atoms with Crippen molar-refractivity contribution < 1.29 is 14.3 Å². The fourth-order valence-corrected chi connectivity index (χ4v) is 3.29. The molecule has 2 aromatic rings. The Bertz CT molecular complexity index is 692. The molecular weight excluding hydrogens is 402 g/mol. The van der Waals surface area contributed by atoms with Crippen LogP contribution in [0.15, 0.2) is 51.8 Å². The molecule has 0 heterocycles. The zero-order valence-electron chi connectivity index (χ0n) is 14.4. The minimum Gasteiger partial charge on any atom is -0.493 e. The van der Waals surface area contributed by atoms with E-state index in [2.05, 4.69) is 21.2 Å². The average molecular weight is 424 g/mol. The number of methoxy groups -OCH3 is 1. The highest BCUT2D eigenvalue weighted by atomic mass is 79.9. The van der Waals surface area contributed by atoms with Gasteiger partial charge in [0, 0.05) is 28.1 Å². The van der Waals surface area contributed by atoms with E-state index in [0.717, 1.165) is 20.7 Å². The van der Waals surface area contributed by atoms with E-state index < -0.39 is 0 Å². The second-order valence-corrected chi connectivity index (χ2v) is 7.33. The van der Waals surface area contributed by atoms with Crippen LogP contribution < -0.4 is 14.8 Å². The van der Waals surface area contributed by atoms with Crippen molar-refractivity contribution in [1.82, 2.24) is 5.32 Å². The molecule has 134 valence electrons. The normalized spacial score (nSPS) is 10.4. The van der Waals surface area contributed by atoms with Gasteiger partial charge in [0.1, 0.15) is 0 Å². The molecule has 6 heteroatoms. The first-order chi connectivity index (χ1) is 12.1. The summed E-state index contributed by atoms with van der Waals surface area (Å²) < 4.78 is 11.9. The predicted molar refractivity (Wildman–Crippen MR) is 105 cm³/mol. The first kappa shape index (κ1) is 19.7. The summed E-state index contributed by atoms with van der Waals surface area (Å²) in [7, 11) is 1.61. The smallest absolute Gasteiger partial charge is 0.221 e. The third-order valence-electron chi connectivity index (χ3n) is 3.43. The van der Waals surface area contributed by atoms with Gasteiger partial charge in [0.25, 0.3) is 0 Å². The fourth-order valence-electron chi connectivity index (χ4n) is 2.18. The lowest BCUT2D eigenvalue weighted by Crippen LogP contribution is -2.23. The van der Waals surface area contributed by atoms with Gasteiger partial charge in [-0.05, 0) is 48.9 Å². The van der Waals surface area contributed by atoms with Crippen LogP contribution >= 0.6 is 27.7 Å². The number of amides is 1. The molecule has 1 amide bonds. The zero-order valence-corrected chi connectivity index (χ0v) is 16.8. The van der Waals surface area contributed by atoms with Gasteiger partial charge in [-0.15, -0.1) is 11.8 Å². The highest BCUT2D eigenvalue weighted by molar-refractivity contribution is 9.10. The maximum Gasteiger partial charge on any atom is 0.221 e. The lowest BCUT2D eigenvalue weighted by atomic mass is 10.2. The van der Waals surface area contributed by atoms with E-state index in [0.29, 0.717) is 31.1 Å². The molecule has 0 saturated heterocycles. The van der Waals surface area contributed by atoms with Crippen LogP contribution in [0.3, 0.4) is 0 Å². The van der Waals surface area contributed by atoms with Gasteiger partial charge >= 0.3 is 0 Å². The summed E-state index contributed by atoms with van der Waals surface area (Å²) >= 11 is 5.09. The van der Waals surface area contributed by atoms with Crippen LogP contribution in [0.4, 0.5) is 0 Å². The van der Waals surface area contributed by atoms with Gasteiger partial charge in [0.05, 0.1) is 13.7 Å². The van der Waals surface area contributed by atoms with Gasteiger partial charge in [-0.25, -0.2) is 0 Å². The van der Waals surface area contributed by atoms with Gasteiger partial charge in [0.15, 0.2) is 11.5 Å². The summed E-state index contributed by atoms with van der Waals surface area (Å²) in [6, 6.07) is 13.8. The maximum atomic E-state index is 12.0. The molecule has 0 saturated carbocycles. The molecule has 0 radical (unpaired) electrons. The number of ether oxygens (including phenoxy) is 2. The average Bonchev–Trinajstić information content (AvgIpc) is 2.62. The van der Waals surface area contributed by atoms with Crippen LogP contribution in [0.2, 0.25) is 0 Å². The Morgan fingerprint density at radius 2 is 1.92 bits per heavy atom. The molecule has 0 spiro atoms. The summed E-state index contributed by atoms with van der Waals surface area (Å²) in [6.45, 7) is 2.99. The van der Waals surface area contributed by atoms with Crippen LogP contribution in [0.5, 0.6) is 11.5 Å². The number of thioether (sulfide) groups is 1. The predicted octanol–water partition coefficient (Wildman–Crippen LogP) is 4.66. The second kappa shape index (κ2) is 10.4. The SMILES string of the molecule is CCOc1ccc(CNC(=O)CCSc2ccc(Br)cc2)cc1OC. The lowest BCUT2D eigenvalue weighted by molar-refractivity contribution is -0.120. The van der Waals surface area contributed by atoms with E-state index >= 15 is 0 Å². The van der Waals surface area contributed by atoms with Crippen LogP contribution in [-0.2, 0) is 11.3 Å². The maximum absolute atomic E-state index is 12.0. The molecule has 0 fully saturated rings. The van der Waals surface area contributed by atoms with Crippen LogP contribution in [-0.4, -0.2) is 25.4 Å². The number of carbonyl (C=O) groups excluding carboxylic acids is 1. The Hall–Kier alpha value is -1.66. The molecule has 2 aromatic carbocycles. The van der Waals surface area contributed by atoms with Crippen molar-refractivity contribution in [2.45, 2.75) is 24.8 Å². The number of nitrogens with one attached hydrogen (secondary N) is 1. The molecule has 0 unspecified atom stereocenters. The molecule has 1 N–H and O–H groups in total. The van der Waals surface area contributed by atoms with Crippen molar-refractivity contribution in [1.29, 1.82) is 0 Å². The summed E-state index contributed by atoms with van der Waals surface area (Å²) in [5.74, 6) is 2.18. The van der Waals surface area contributed by atoms with Crippen molar-refractivity contribution in [3.05, 3.63) is 52.5 Å². The molecular formula is C19H22BrNO3S. The van der Waals surface area contributed by atoms with Gasteiger partial charge in [0.2, 0.25) is 5.91 Å². The molecule has 25 heavy (non-hydrogen) atoms. The summed E-state index contributed by atoms with van der Waals surface area (Å²) in [6.07, 6.45) is 0.481. The van der Waals surface area contributed by atoms with E-state index in [1.807, 2.05) is 49.4 Å². The van der Waals surface area contributed by atoms with E-state index in [4.69, 9.17) is 9.47 Å². The molecule has 0 bridgehead atoms. The van der Waals surface area contributed by atoms with Gasteiger partial charge in [-0.3, -0.25) is 4.79 Å². The fraction of sp³-hybridized carbons (Fsp3) is 0.316. The summed E-state index contributed by atoms with van der Waals surface area (Å²) in [5, 5.41) is 2.94. The van der Waals surface area contributed by atoms with Crippen LogP contribution in [0.25, 0.3) is 0 Å². The Morgan fingerprint density at radius 1 is 1.16 bits per heavy atom. The van der Waals surface area contributed by atoms with Gasteiger partial charge in [-0.2, -0.15) is 0 Å². The number of hydrogen-bond acceptors (Lipinski definition) is 4. The quantitative estimate of drug-likeness (QED) is 0.595. The van der Waals surface area contributed by atoms with E-state index in [1.54, 1.807) is 18.9 Å². The minimum atomic E-state index is 0.0393. The number of carbonyl (C=O) groups is 1. The summed E-state index contributed by atoms with van der Waals surface area (Å²) in [4.78, 5) is 13.2. The number of halogens is 1. The van der Waals surface area contributed by atoms with Crippen molar-refractivity contribution in [3.63, 3.8) is 0 Å². The monoisotopic (exact) mass is 423 g/mol. The molecule has 0 aliphatic rings. The number of rotatable bonds is 9. The number of benzene rings is 2. The third kappa shape index (κ3) is 6.63. The zero-order chi connectivity index (χ0) is 18.1. The van der Waals surface area contributed by atoms with Crippen molar-refractivity contribution in [3.8, 4) is 11.5 Å². The Morgan fingerprint density at radius 3 is 2.60 bits per heavy atom. The largest absolute Gasteiger partial charge is 0.493 e. The first-order valence-corrected chi connectivity index (χ1v) is 9.85. The molecule has 4 nitrogen and oxygen atoms in total. The van der Waals surface area contributed by atoms with E-state index in [-0.39, 0.29) is 5.91 Å². The van der Waals surface area contributed by atoms with Gasteiger partial charge in [-0.1, -0.05) is 22.0 Å². The highest BCUT2D eigenvalue weighted by Gasteiger charge is 2.07. The first-order valence-electron chi connectivity index (χ1n) is 8.07. The lowest BCUT2D eigenvalue weighted by Gasteiger charge is -2.11. The highest BCUT2D eigenvalue weighted by Crippen LogP contribution is 2.28. The minimum absolute atomic E-state index is 0.0393. The third-order valence-corrected chi connectivity index (χ3v) is 4.97. The number of hydrogen-bond donors (Lipinski definition) is 1. The Kier molecular flexibility index (Phi) is 8.15. The van der Waals surface area contributed by atoms with Crippen molar-refractivity contribution in [2.24, 2.45) is 0 Å². The molecule has 0 aromatic heterocycles. The topological polar surface area (TPSA) is 47.6 Å². The van der Waals surface area contributed by atoms with Crippen molar-refractivity contribution in [2.75, 3.05) is 19.5 Å². The molecule has 2 rings (SSSR count). The molecule has 0 aliphatic heterocycles. The molecule has 0 atom stereocenters. The van der Waals surface area contributed by atoms with Gasteiger partial charge < -0.3 is 14.8 Å². The van der Waals surface area contributed by atoms with E-state index in [1.165, 1.54) is 0 Å². The second-order valence-electron chi connectivity index (χ2n) is 5.25. The van der Waals surface area contributed by atoms with Crippen molar-refractivity contribution >= 4 is 33.6 Å². The Labute approximate surface area is 161 Å². The standard InChI is InChI=1S/C19H22BrNO3S/c1-3-24-17-9-4-14(12-18(17)23-2)13-21-19(22)10-11-25-16-7-5-15(20)6-8-16/h4-9,12H,3,10-11,13H2,1-2H3,(H,21,22).